The van der Waals surface area contributed by atoms with Crippen molar-refractivity contribution in [1.29, 1.82) is 0 Å². The maximum absolute atomic E-state index is 15.2. The highest BCUT2D eigenvalue weighted by Crippen LogP contribution is 2.50. The van der Waals surface area contributed by atoms with Gasteiger partial charge in [0.05, 0.1) is 25.4 Å². The van der Waals surface area contributed by atoms with Crippen molar-refractivity contribution in [1.82, 2.24) is 29.3 Å². The number of nitrogens with zero attached hydrogens (tertiary/aromatic N) is 2. The topological polar surface area (TPSA) is 337 Å². The molecule has 2 aliphatic heterocycles. The van der Waals surface area contributed by atoms with Gasteiger partial charge in [-0.25, -0.2) is 40.7 Å². The van der Waals surface area contributed by atoms with Crippen molar-refractivity contribution in [3.8, 4) is 17.2 Å². The van der Waals surface area contributed by atoms with Gasteiger partial charge in [-0.15, -0.1) is 0 Å². The monoisotopic (exact) mass is 1280 g/mol. The Morgan fingerprint density at radius 2 is 0.988 bits per heavy atom. The number of aromatic amines is 2. The zero-order valence-corrected chi connectivity index (χ0v) is 47.6. The quantitative estimate of drug-likeness (QED) is 0.0128. The molecule has 2 saturated heterocycles. The van der Waals surface area contributed by atoms with E-state index in [1.807, 2.05) is 9.97 Å². The summed E-state index contributed by atoms with van der Waals surface area (Å²) in [6, 6.07) is 14.3. The number of hydrogen-bond acceptors (Lipinski definition) is 19. The number of esters is 2. The Bertz CT molecular complexity index is 3420. The van der Waals surface area contributed by atoms with Crippen molar-refractivity contribution in [2.75, 3.05) is 13.2 Å². The standard InChI is InChI=1S/C21H26ClFN3O9P.C18H17F5NO5P.C9H10ClFN2O5/c1-12(2)33-18(29)13(3)25-36(31,35-14-7-5-4-6-8-14)32-11-15-17(28)21(22,23)19(34-15)26-10-9-16(27)24-20(26)30;1-9(2)27-18(25)10(3)24-30(26,28-11-7-5-4-6-8-11)29-17-15(22)13(20)12(19)14(21)16(17)23;10-9(11)6(16)4(3-14)18-7(9)13-2-1-5(15)12-8(13)17/h4-10,12-13,15,17,19,28H,11H2,1-3H3,(H,25,31)(H,24,27,30);4-10H,1-3H3,(H,24,26);1-2,4,6-7,14,16H,3H2,(H,12,15,17)/t13-,15+,17+,19+,21+,36?;10-,30?;4-,6-,7-,9-/m001/s1. The molecule has 5 aromatic rings. The van der Waals surface area contributed by atoms with E-state index < -0.39 is 169 Å². The first kappa shape index (κ1) is 68.4. The van der Waals surface area contributed by atoms with Gasteiger partial charge >= 0.3 is 38.8 Å². The molecule has 0 saturated carbocycles. The fourth-order valence-corrected chi connectivity index (χ4v) is 10.7. The van der Waals surface area contributed by atoms with E-state index in [0.29, 0.717) is 9.13 Å². The van der Waals surface area contributed by atoms with Crippen LogP contribution in [0, 0.1) is 29.1 Å². The zero-order valence-electron chi connectivity index (χ0n) is 44.3. The van der Waals surface area contributed by atoms with Gasteiger partial charge in [0, 0.05) is 24.5 Å². The molecule has 0 bridgehead atoms. The van der Waals surface area contributed by atoms with Crippen molar-refractivity contribution < 1.29 is 102 Å². The number of ether oxygens (including phenoxy) is 4. The fourth-order valence-electron chi connectivity index (χ4n) is 7.06. The largest absolute Gasteiger partial charge is 0.513 e. The molecule has 2 unspecified atom stereocenters. The van der Waals surface area contributed by atoms with Gasteiger partial charge in [-0.2, -0.15) is 19.0 Å². The van der Waals surface area contributed by atoms with E-state index in [2.05, 4.69) is 14.7 Å². The first-order chi connectivity index (χ1) is 39.1. The summed E-state index contributed by atoms with van der Waals surface area (Å²) in [4.78, 5) is 73.8. The number of aliphatic hydroxyl groups is 3. The van der Waals surface area contributed by atoms with E-state index in [-0.39, 0.29) is 11.5 Å². The highest BCUT2D eigenvalue weighted by molar-refractivity contribution is 7.52. The lowest BCUT2D eigenvalue weighted by Gasteiger charge is -2.25. The van der Waals surface area contributed by atoms with Crippen LogP contribution in [0.5, 0.6) is 17.2 Å². The van der Waals surface area contributed by atoms with Crippen molar-refractivity contribution in [3.05, 3.63) is 156 Å². The van der Waals surface area contributed by atoms with E-state index in [0.717, 1.165) is 24.5 Å². The summed E-state index contributed by atoms with van der Waals surface area (Å²) < 4.78 is 166. The van der Waals surface area contributed by atoms with Gasteiger partial charge in [-0.3, -0.25) is 42.8 Å². The van der Waals surface area contributed by atoms with Crippen molar-refractivity contribution in [2.45, 2.75) is 113 Å². The number of hydrogen-bond donors (Lipinski definition) is 7. The summed E-state index contributed by atoms with van der Waals surface area (Å²) >= 11 is 11.4. The van der Waals surface area contributed by atoms with Crippen LogP contribution in [-0.2, 0) is 42.2 Å². The van der Waals surface area contributed by atoms with Crippen LogP contribution >= 0.6 is 38.7 Å². The number of nitrogens with one attached hydrogen (secondary N) is 4. The summed E-state index contributed by atoms with van der Waals surface area (Å²) in [6.45, 7) is 7.52. The minimum absolute atomic E-state index is 0.125. The highest BCUT2D eigenvalue weighted by Gasteiger charge is 2.59. The first-order valence-electron chi connectivity index (χ1n) is 24.3. The second-order valence-corrected chi connectivity index (χ2v) is 22.7. The Morgan fingerprint density at radius 3 is 1.37 bits per heavy atom. The predicted molar refractivity (Wildman–Crippen MR) is 279 cm³/mol. The Kier molecular flexibility index (Phi) is 23.3. The summed E-state index contributed by atoms with van der Waals surface area (Å²) in [5.41, 5.74) is -3.35. The third kappa shape index (κ3) is 17.2. The van der Waals surface area contributed by atoms with E-state index in [1.54, 1.807) is 38.1 Å². The Morgan fingerprint density at radius 1 is 0.619 bits per heavy atom. The maximum atomic E-state index is 15.2. The van der Waals surface area contributed by atoms with Crippen LogP contribution < -0.4 is 46.2 Å². The normalized spacial score (nSPS) is 24.0. The molecule has 0 amide bonds. The van der Waals surface area contributed by atoms with Crippen LogP contribution in [0.1, 0.15) is 54.0 Å². The number of H-pyrrole nitrogens is 2. The molecule has 25 nitrogen and oxygen atoms in total. The van der Waals surface area contributed by atoms with Crippen LogP contribution in [0.15, 0.2) is 104 Å². The van der Waals surface area contributed by atoms with E-state index in [9.17, 15) is 74.5 Å². The minimum Gasteiger partial charge on any atom is -0.462 e. The van der Waals surface area contributed by atoms with Crippen molar-refractivity contribution >= 4 is 50.6 Å². The van der Waals surface area contributed by atoms with Crippen LogP contribution in [0.25, 0.3) is 0 Å². The molecule has 462 valence electrons. The van der Waals surface area contributed by atoms with Crippen LogP contribution in [0.2, 0.25) is 0 Å². The van der Waals surface area contributed by atoms with Crippen LogP contribution in [0.4, 0.5) is 30.7 Å². The first-order valence-corrected chi connectivity index (χ1v) is 28.2. The van der Waals surface area contributed by atoms with Gasteiger partial charge in [0.2, 0.25) is 34.8 Å². The SMILES string of the molecule is CC(C)OC(=O)[C@H](C)NP(=O)(OC[C@H]1O[C@@H](n2ccc(=O)[nH]c2=O)[C@@](F)(Cl)[C@@H]1O)Oc1ccccc1.CC(C)OC(=O)[C@H](C)NP(=O)(Oc1ccccc1)Oc1c(F)c(F)c(F)c(F)c1F.O=c1ccn([C@@H]2O[C@H](CO)[C@@H](O)[C@]2(F)Cl)c(=O)[nH]1. The van der Waals surface area contributed by atoms with Gasteiger partial charge in [0.25, 0.3) is 21.4 Å². The van der Waals surface area contributed by atoms with Crippen molar-refractivity contribution in [3.63, 3.8) is 0 Å². The molecule has 84 heavy (non-hydrogen) atoms. The molecule has 2 fully saturated rings. The molecule has 7 N–H and O–H groups in total. The average Bonchev–Trinajstić information content (AvgIpc) is 3.84. The van der Waals surface area contributed by atoms with Crippen LogP contribution in [0.3, 0.4) is 0 Å². The maximum Gasteiger partial charge on any atom is 0.513 e. The van der Waals surface area contributed by atoms with Crippen LogP contribution in [-0.4, -0.2) is 119 Å². The molecular weight excluding hydrogens is 1230 g/mol. The number of alkyl halides is 4. The number of halogens is 9. The third-order valence-electron chi connectivity index (χ3n) is 11.0. The molecule has 12 atom stereocenters. The van der Waals surface area contributed by atoms with E-state index >= 15 is 4.39 Å². The minimum atomic E-state index is -4.91. The molecule has 7 rings (SSSR count). The second-order valence-electron chi connectivity index (χ2n) is 18.3. The molecule has 0 aliphatic carbocycles. The number of carbonyl (C=O) groups excluding carboxylic acids is 2. The van der Waals surface area contributed by atoms with E-state index in [4.69, 9.17) is 60.8 Å². The van der Waals surface area contributed by atoms with E-state index in [1.165, 1.54) is 64.1 Å². The molecular formula is C48H53Cl2F7N6O19P2. The van der Waals surface area contributed by atoms with Gasteiger partial charge < -0.3 is 47.8 Å². The molecule has 0 spiro atoms. The number of para-hydroxylation sites is 2. The summed E-state index contributed by atoms with van der Waals surface area (Å²) in [6.07, 6.45) is -9.16. The zero-order chi connectivity index (χ0) is 62.8. The number of aliphatic hydroxyl groups excluding tert-OH is 3. The molecule has 2 aromatic heterocycles. The lowest BCUT2D eigenvalue weighted by molar-refractivity contribution is -0.150. The Labute approximate surface area is 479 Å². The van der Waals surface area contributed by atoms with Gasteiger partial charge in [0.1, 0.15) is 48.0 Å². The fraction of sp³-hybridized carbons (Fsp3) is 0.417. The van der Waals surface area contributed by atoms with Gasteiger partial charge in [-0.1, -0.05) is 59.6 Å². The van der Waals surface area contributed by atoms with Crippen molar-refractivity contribution in [2.24, 2.45) is 0 Å². The summed E-state index contributed by atoms with van der Waals surface area (Å²) in [7, 11) is -9.26. The summed E-state index contributed by atoms with van der Waals surface area (Å²) in [5.74, 6) is -15.2. The molecule has 4 heterocycles. The second kappa shape index (κ2) is 28.7. The lowest BCUT2D eigenvalue weighted by Crippen LogP contribution is -2.42. The number of carbonyl (C=O) groups is 2. The Hall–Kier alpha value is -6.41. The number of rotatable bonds is 20. The molecule has 0 radical (unpaired) electrons. The smallest absolute Gasteiger partial charge is 0.462 e. The Balaban J connectivity index is 0.000000243. The predicted octanol–water partition coefficient (Wildman–Crippen LogP) is 5.40. The average molecular weight is 1280 g/mol. The molecule has 2 aliphatic rings. The summed E-state index contributed by atoms with van der Waals surface area (Å²) in [5, 5.41) is 27.5. The molecule has 36 heteroatoms. The number of aromatic nitrogens is 4. The number of benzene rings is 3. The molecule has 3 aromatic carbocycles. The van der Waals surface area contributed by atoms with Gasteiger partial charge in [0.15, 0.2) is 12.5 Å². The third-order valence-corrected chi connectivity index (χ3v) is 15.0. The lowest BCUT2D eigenvalue weighted by atomic mass is 10.1. The van der Waals surface area contributed by atoms with Gasteiger partial charge in [-0.05, 0) is 65.8 Å². The highest BCUT2D eigenvalue weighted by atomic mass is 35.5.